The highest BCUT2D eigenvalue weighted by molar-refractivity contribution is 5.76. The van der Waals surface area contributed by atoms with Crippen LogP contribution in [0.2, 0.25) is 0 Å². The Labute approximate surface area is 131 Å². The van der Waals surface area contributed by atoms with Gasteiger partial charge in [-0.05, 0) is 25.7 Å². The van der Waals surface area contributed by atoms with Crippen LogP contribution in [0.25, 0.3) is 11.3 Å². The van der Waals surface area contributed by atoms with E-state index in [1.807, 2.05) is 29.3 Å². The molecule has 22 heavy (non-hydrogen) atoms. The predicted molar refractivity (Wildman–Crippen MR) is 87.2 cm³/mol. The van der Waals surface area contributed by atoms with E-state index in [9.17, 15) is 4.79 Å². The first-order valence-electron chi connectivity index (χ1n) is 8.19. The molecule has 1 aliphatic heterocycles. The zero-order chi connectivity index (χ0) is 15.4. The topological polar surface area (TPSA) is 49.0 Å². The number of hydrogen-bond acceptors (Lipinski definition) is 2. The number of piperidine rings is 1. The van der Waals surface area contributed by atoms with Gasteiger partial charge < -0.3 is 9.88 Å². The maximum absolute atomic E-state index is 12.3. The second kappa shape index (κ2) is 6.77. The second-order valence-electron chi connectivity index (χ2n) is 5.89. The van der Waals surface area contributed by atoms with Crippen LogP contribution < -0.4 is 0 Å². The first kappa shape index (κ1) is 14.8. The summed E-state index contributed by atoms with van der Waals surface area (Å²) in [6.07, 6.45) is 6.72. The van der Waals surface area contributed by atoms with E-state index in [1.54, 1.807) is 0 Å². The molecule has 3 rings (SSSR count). The van der Waals surface area contributed by atoms with E-state index >= 15 is 0 Å². The normalized spacial score (nSPS) is 18.4. The lowest BCUT2D eigenvalue weighted by molar-refractivity contribution is -0.135. The number of rotatable bonds is 4. The largest absolute Gasteiger partial charge is 0.346 e. The third kappa shape index (κ3) is 3.06. The predicted octanol–water partition coefficient (Wildman–Crippen LogP) is 3.93. The smallest absolute Gasteiger partial charge is 0.223 e. The van der Waals surface area contributed by atoms with Crippen molar-refractivity contribution < 1.29 is 4.79 Å². The quantitative estimate of drug-likeness (QED) is 0.929. The van der Waals surface area contributed by atoms with Gasteiger partial charge in [0.05, 0.1) is 11.7 Å². The van der Waals surface area contributed by atoms with Gasteiger partial charge in [-0.1, -0.05) is 37.3 Å². The molecular weight excluding hydrogens is 274 g/mol. The van der Waals surface area contributed by atoms with Crippen molar-refractivity contribution in [1.29, 1.82) is 0 Å². The molecule has 1 amide bonds. The van der Waals surface area contributed by atoms with Crippen molar-refractivity contribution in [1.82, 2.24) is 14.9 Å². The van der Waals surface area contributed by atoms with E-state index in [1.165, 1.54) is 0 Å². The van der Waals surface area contributed by atoms with Crippen LogP contribution in [0.15, 0.2) is 36.5 Å². The fourth-order valence-corrected chi connectivity index (χ4v) is 3.14. The van der Waals surface area contributed by atoms with Crippen molar-refractivity contribution in [2.45, 2.75) is 45.1 Å². The Balaban J connectivity index is 1.82. The SMILES string of the molecule is CCCC(=O)N1CCCCC1c1nc(-c2ccccc2)c[nH]1. The number of imidazole rings is 1. The minimum absolute atomic E-state index is 0.102. The van der Waals surface area contributed by atoms with Gasteiger partial charge in [-0.15, -0.1) is 0 Å². The average molecular weight is 297 g/mol. The minimum atomic E-state index is 0.102. The first-order valence-corrected chi connectivity index (χ1v) is 8.19. The van der Waals surface area contributed by atoms with Crippen LogP contribution in [-0.2, 0) is 4.79 Å². The molecule has 1 aliphatic rings. The van der Waals surface area contributed by atoms with Crippen LogP contribution in [-0.4, -0.2) is 27.3 Å². The molecule has 116 valence electrons. The number of benzene rings is 1. The summed E-state index contributed by atoms with van der Waals surface area (Å²) >= 11 is 0. The van der Waals surface area contributed by atoms with Gasteiger partial charge in [0.15, 0.2) is 0 Å². The summed E-state index contributed by atoms with van der Waals surface area (Å²) in [6, 6.07) is 10.2. The Morgan fingerprint density at radius 1 is 1.32 bits per heavy atom. The van der Waals surface area contributed by atoms with Gasteiger partial charge in [0.1, 0.15) is 5.82 Å². The number of likely N-dealkylation sites (tertiary alicyclic amines) is 1. The first-order chi connectivity index (χ1) is 10.8. The molecule has 1 N–H and O–H groups in total. The van der Waals surface area contributed by atoms with Gasteiger partial charge >= 0.3 is 0 Å². The summed E-state index contributed by atoms with van der Waals surface area (Å²) in [5, 5.41) is 0. The summed E-state index contributed by atoms with van der Waals surface area (Å²) in [5.74, 6) is 1.17. The van der Waals surface area contributed by atoms with Gasteiger partial charge in [-0.3, -0.25) is 4.79 Å². The molecule has 4 nitrogen and oxygen atoms in total. The molecule has 2 aromatic rings. The van der Waals surface area contributed by atoms with Gasteiger partial charge in [-0.25, -0.2) is 4.98 Å². The number of aromatic nitrogens is 2. The zero-order valence-electron chi connectivity index (χ0n) is 13.1. The second-order valence-corrected chi connectivity index (χ2v) is 5.89. The lowest BCUT2D eigenvalue weighted by Gasteiger charge is -2.34. The van der Waals surface area contributed by atoms with E-state index in [-0.39, 0.29) is 11.9 Å². The van der Waals surface area contributed by atoms with Crippen molar-refractivity contribution in [2.24, 2.45) is 0 Å². The number of H-pyrrole nitrogens is 1. The van der Waals surface area contributed by atoms with E-state index in [0.717, 1.165) is 49.3 Å². The summed E-state index contributed by atoms with van der Waals surface area (Å²) in [7, 11) is 0. The van der Waals surface area contributed by atoms with Crippen LogP contribution in [0.3, 0.4) is 0 Å². The molecule has 4 heteroatoms. The van der Waals surface area contributed by atoms with Gasteiger partial charge in [0, 0.05) is 24.7 Å². The molecule has 1 saturated heterocycles. The fourth-order valence-electron chi connectivity index (χ4n) is 3.14. The van der Waals surface area contributed by atoms with Crippen LogP contribution in [0, 0.1) is 0 Å². The summed E-state index contributed by atoms with van der Waals surface area (Å²) < 4.78 is 0. The number of amides is 1. The Bertz CT molecular complexity index is 620. The minimum Gasteiger partial charge on any atom is -0.346 e. The molecule has 1 aromatic heterocycles. The maximum atomic E-state index is 12.3. The van der Waals surface area contributed by atoms with E-state index in [4.69, 9.17) is 4.98 Å². The Kier molecular flexibility index (Phi) is 4.56. The summed E-state index contributed by atoms with van der Waals surface area (Å²) in [5.41, 5.74) is 2.05. The van der Waals surface area contributed by atoms with E-state index in [0.29, 0.717) is 6.42 Å². The third-order valence-electron chi connectivity index (χ3n) is 4.27. The van der Waals surface area contributed by atoms with Gasteiger partial charge in [0.25, 0.3) is 0 Å². The molecule has 2 heterocycles. The lowest BCUT2D eigenvalue weighted by Crippen LogP contribution is -2.38. The number of aromatic amines is 1. The number of nitrogens with one attached hydrogen (secondary N) is 1. The van der Waals surface area contributed by atoms with Crippen LogP contribution in [0.5, 0.6) is 0 Å². The van der Waals surface area contributed by atoms with Crippen molar-refractivity contribution >= 4 is 5.91 Å². The standard InChI is InChI=1S/C18H23N3O/c1-2-8-17(22)21-12-7-6-11-16(21)18-19-13-15(20-18)14-9-4-3-5-10-14/h3-5,9-10,13,16H,2,6-8,11-12H2,1H3,(H,19,20). The Hall–Kier alpha value is -2.10. The Morgan fingerprint density at radius 3 is 2.91 bits per heavy atom. The average Bonchev–Trinajstić information content (AvgIpc) is 3.06. The maximum Gasteiger partial charge on any atom is 0.223 e. The highest BCUT2D eigenvalue weighted by Crippen LogP contribution is 2.31. The molecule has 0 aliphatic carbocycles. The molecule has 0 spiro atoms. The Morgan fingerprint density at radius 2 is 2.14 bits per heavy atom. The van der Waals surface area contributed by atoms with Crippen molar-refractivity contribution in [3.05, 3.63) is 42.4 Å². The van der Waals surface area contributed by atoms with Crippen LogP contribution in [0.4, 0.5) is 0 Å². The van der Waals surface area contributed by atoms with Crippen molar-refractivity contribution in [3.63, 3.8) is 0 Å². The molecule has 1 fully saturated rings. The summed E-state index contributed by atoms with van der Waals surface area (Å²) in [6.45, 7) is 2.90. The number of hydrogen-bond donors (Lipinski definition) is 1. The van der Waals surface area contributed by atoms with Crippen molar-refractivity contribution in [2.75, 3.05) is 6.54 Å². The van der Waals surface area contributed by atoms with E-state index in [2.05, 4.69) is 24.0 Å². The molecule has 0 bridgehead atoms. The zero-order valence-corrected chi connectivity index (χ0v) is 13.1. The molecule has 1 unspecified atom stereocenters. The molecule has 1 aromatic carbocycles. The van der Waals surface area contributed by atoms with Crippen molar-refractivity contribution in [3.8, 4) is 11.3 Å². The number of carbonyl (C=O) groups excluding carboxylic acids is 1. The summed E-state index contributed by atoms with van der Waals surface area (Å²) in [4.78, 5) is 22.4. The highest BCUT2D eigenvalue weighted by atomic mass is 16.2. The van der Waals surface area contributed by atoms with Crippen LogP contribution >= 0.6 is 0 Å². The molecular formula is C18H23N3O. The lowest BCUT2D eigenvalue weighted by atomic mass is 10.0. The molecule has 0 radical (unpaired) electrons. The molecule has 1 atom stereocenters. The fraction of sp³-hybridized carbons (Fsp3) is 0.444. The number of nitrogens with zero attached hydrogens (tertiary/aromatic N) is 2. The third-order valence-corrected chi connectivity index (χ3v) is 4.27. The highest BCUT2D eigenvalue weighted by Gasteiger charge is 2.29. The van der Waals surface area contributed by atoms with E-state index < -0.39 is 0 Å². The number of carbonyl (C=O) groups is 1. The van der Waals surface area contributed by atoms with Gasteiger partial charge in [0.2, 0.25) is 5.91 Å². The van der Waals surface area contributed by atoms with Crippen LogP contribution in [0.1, 0.15) is 50.9 Å². The van der Waals surface area contributed by atoms with Gasteiger partial charge in [-0.2, -0.15) is 0 Å². The monoisotopic (exact) mass is 297 g/mol. The molecule has 0 saturated carbocycles.